The molecule has 0 amide bonds. The van der Waals surface area contributed by atoms with Crippen LogP contribution >= 0.6 is 15.9 Å². The molecule has 5 heteroatoms. The Balaban J connectivity index is 1.30. The van der Waals surface area contributed by atoms with E-state index in [1.807, 2.05) is 72.8 Å². The fraction of sp³-hybridized carbons (Fsp3) is 0.0769. The molecule has 0 spiro atoms. The molecule has 0 aliphatic carbocycles. The van der Waals surface area contributed by atoms with Crippen molar-refractivity contribution in [2.45, 2.75) is 13.2 Å². The molecule has 0 bridgehead atoms. The Labute approximate surface area is 189 Å². The SMILES string of the molecule is Fc1ccc(COc2ccc(CNc3ccc(Oc4ccccc4)cc3)cc2Br)cc1. The summed E-state index contributed by atoms with van der Waals surface area (Å²) in [5, 5.41) is 3.41. The Morgan fingerprint density at radius 3 is 2.13 bits per heavy atom. The molecule has 156 valence electrons. The van der Waals surface area contributed by atoms with Gasteiger partial charge in [0.05, 0.1) is 4.47 Å². The van der Waals surface area contributed by atoms with Crippen LogP contribution < -0.4 is 14.8 Å². The Kier molecular flexibility index (Phi) is 6.85. The van der Waals surface area contributed by atoms with E-state index in [2.05, 4.69) is 21.2 Å². The van der Waals surface area contributed by atoms with Gasteiger partial charge in [0, 0.05) is 12.2 Å². The van der Waals surface area contributed by atoms with Crippen LogP contribution in [0.15, 0.2) is 102 Å². The van der Waals surface area contributed by atoms with Gasteiger partial charge in [0.25, 0.3) is 0 Å². The lowest BCUT2D eigenvalue weighted by atomic mass is 10.2. The molecule has 0 heterocycles. The maximum absolute atomic E-state index is 13.0. The fourth-order valence-corrected chi connectivity index (χ4v) is 3.52. The van der Waals surface area contributed by atoms with E-state index in [4.69, 9.17) is 9.47 Å². The van der Waals surface area contributed by atoms with Gasteiger partial charge in [-0.15, -0.1) is 0 Å². The van der Waals surface area contributed by atoms with Gasteiger partial charge in [-0.05, 0) is 87.7 Å². The second-order valence-corrected chi connectivity index (χ2v) is 7.83. The molecule has 0 saturated heterocycles. The minimum atomic E-state index is -0.250. The van der Waals surface area contributed by atoms with Crippen LogP contribution in [0, 0.1) is 5.82 Å². The predicted octanol–water partition coefficient (Wildman–Crippen LogP) is 7.57. The summed E-state index contributed by atoms with van der Waals surface area (Å²) in [6.07, 6.45) is 0. The van der Waals surface area contributed by atoms with Crippen LogP contribution in [0.5, 0.6) is 17.2 Å². The van der Waals surface area contributed by atoms with Crippen LogP contribution in [0.1, 0.15) is 11.1 Å². The lowest BCUT2D eigenvalue weighted by Crippen LogP contribution is -2.00. The Bertz CT molecular complexity index is 1120. The van der Waals surface area contributed by atoms with Crippen LogP contribution in [0.2, 0.25) is 0 Å². The number of anilines is 1. The molecule has 4 rings (SSSR count). The smallest absolute Gasteiger partial charge is 0.134 e. The Hall–Kier alpha value is -3.31. The lowest BCUT2D eigenvalue weighted by molar-refractivity contribution is 0.304. The summed E-state index contributed by atoms with van der Waals surface area (Å²) in [7, 11) is 0. The summed E-state index contributed by atoms with van der Waals surface area (Å²) in [6.45, 7) is 1.06. The molecular formula is C26H21BrFNO2. The molecule has 0 aliphatic heterocycles. The van der Waals surface area contributed by atoms with E-state index in [1.165, 1.54) is 12.1 Å². The van der Waals surface area contributed by atoms with E-state index in [0.717, 1.165) is 38.5 Å². The van der Waals surface area contributed by atoms with Crippen molar-refractivity contribution < 1.29 is 13.9 Å². The van der Waals surface area contributed by atoms with Crippen LogP contribution in [-0.2, 0) is 13.2 Å². The molecule has 0 fully saturated rings. The molecule has 0 saturated carbocycles. The van der Waals surface area contributed by atoms with E-state index in [0.29, 0.717) is 13.2 Å². The predicted molar refractivity (Wildman–Crippen MR) is 125 cm³/mol. The molecule has 31 heavy (non-hydrogen) atoms. The van der Waals surface area contributed by atoms with Gasteiger partial charge >= 0.3 is 0 Å². The molecule has 0 aliphatic rings. The average Bonchev–Trinajstić information content (AvgIpc) is 2.80. The number of halogens is 2. The Morgan fingerprint density at radius 1 is 0.742 bits per heavy atom. The minimum absolute atomic E-state index is 0.250. The van der Waals surface area contributed by atoms with Crippen LogP contribution in [-0.4, -0.2) is 0 Å². The molecule has 0 aromatic heterocycles. The standard InChI is InChI=1S/C26H21BrFNO2/c27-25-16-20(8-15-26(25)30-18-19-6-9-21(28)10-7-19)17-29-22-11-13-24(14-12-22)31-23-4-2-1-3-5-23/h1-16,29H,17-18H2. The third kappa shape index (κ3) is 6.09. The fourth-order valence-electron chi connectivity index (χ4n) is 2.98. The highest BCUT2D eigenvalue weighted by Gasteiger charge is 2.05. The van der Waals surface area contributed by atoms with E-state index in [1.54, 1.807) is 12.1 Å². The van der Waals surface area contributed by atoms with Gasteiger partial charge in [-0.25, -0.2) is 4.39 Å². The van der Waals surface area contributed by atoms with Crippen molar-refractivity contribution in [2.75, 3.05) is 5.32 Å². The third-order valence-electron chi connectivity index (χ3n) is 4.63. The van der Waals surface area contributed by atoms with Crippen molar-refractivity contribution in [1.82, 2.24) is 0 Å². The topological polar surface area (TPSA) is 30.5 Å². The van der Waals surface area contributed by atoms with Gasteiger partial charge in [-0.3, -0.25) is 0 Å². The van der Waals surface area contributed by atoms with Gasteiger partial charge in [0.2, 0.25) is 0 Å². The molecule has 0 radical (unpaired) electrons. The van der Waals surface area contributed by atoms with Crippen molar-refractivity contribution >= 4 is 21.6 Å². The molecule has 4 aromatic carbocycles. The van der Waals surface area contributed by atoms with Crippen LogP contribution in [0.3, 0.4) is 0 Å². The zero-order chi connectivity index (χ0) is 21.5. The quantitative estimate of drug-likeness (QED) is 0.283. The highest BCUT2D eigenvalue weighted by Crippen LogP contribution is 2.28. The number of benzene rings is 4. The second-order valence-electron chi connectivity index (χ2n) is 6.97. The second kappa shape index (κ2) is 10.1. The van der Waals surface area contributed by atoms with Crippen molar-refractivity contribution in [3.63, 3.8) is 0 Å². The van der Waals surface area contributed by atoms with E-state index in [9.17, 15) is 4.39 Å². The van der Waals surface area contributed by atoms with Gasteiger partial charge in [0.1, 0.15) is 29.7 Å². The number of hydrogen-bond donors (Lipinski definition) is 1. The van der Waals surface area contributed by atoms with Gasteiger partial charge in [0.15, 0.2) is 0 Å². The highest BCUT2D eigenvalue weighted by molar-refractivity contribution is 9.10. The number of para-hydroxylation sites is 1. The summed E-state index contributed by atoms with van der Waals surface area (Å²) in [5.41, 5.74) is 3.04. The molecule has 0 atom stereocenters. The molecule has 0 unspecified atom stereocenters. The van der Waals surface area contributed by atoms with Crippen molar-refractivity contribution in [1.29, 1.82) is 0 Å². The highest BCUT2D eigenvalue weighted by atomic mass is 79.9. The van der Waals surface area contributed by atoms with Gasteiger partial charge in [-0.1, -0.05) is 36.4 Å². The van der Waals surface area contributed by atoms with Crippen molar-refractivity contribution in [3.05, 3.63) is 118 Å². The summed E-state index contributed by atoms with van der Waals surface area (Å²) in [6, 6.07) is 29.9. The van der Waals surface area contributed by atoms with Gasteiger partial charge < -0.3 is 14.8 Å². The zero-order valence-corrected chi connectivity index (χ0v) is 18.3. The summed E-state index contributed by atoms with van der Waals surface area (Å²) in [5.74, 6) is 2.10. The first-order chi connectivity index (χ1) is 15.2. The monoisotopic (exact) mass is 477 g/mol. The summed E-state index contributed by atoms with van der Waals surface area (Å²) in [4.78, 5) is 0. The summed E-state index contributed by atoms with van der Waals surface area (Å²) >= 11 is 3.57. The zero-order valence-electron chi connectivity index (χ0n) is 16.7. The van der Waals surface area contributed by atoms with Crippen LogP contribution in [0.4, 0.5) is 10.1 Å². The first kappa shape index (κ1) is 20.9. The van der Waals surface area contributed by atoms with Crippen molar-refractivity contribution in [2.24, 2.45) is 0 Å². The third-order valence-corrected chi connectivity index (χ3v) is 5.25. The summed E-state index contributed by atoms with van der Waals surface area (Å²) < 4.78 is 25.5. The first-order valence-electron chi connectivity index (χ1n) is 9.88. The lowest BCUT2D eigenvalue weighted by Gasteiger charge is -2.12. The molecule has 1 N–H and O–H groups in total. The first-order valence-corrected chi connectivity index (χ1v) is 10.7. The van der Waals surface area contributed by atoms with E-state index in [-0.39, 0.29) is 5.82 Å². The maximum Gasteiger partial charge on any atom is 0.134 e. The maximum atomic E-state index is 13.0. The average molecular weight is 478 g/mol. The largest absolute Gasteiger partial charge is 0.488 e. The van der Waals surface area contributed by atoms with E-state index >= 15 is 0 Å². The van der Waals surface area contributed by atoms with Gasteiger partial charge in [-0.2, -0.15) is 0 Å². The minimum Gasteiger partial charge on any atom is -0.488 e. The number of ether oxygens (including phenoxy) is 2. The van der Waals surface area contributed by atoms with Crippen molar-refractivity contribution in [3.8, 4) is 17.2 Å². The number of nitrogens with one attached hydrogen (secondary N) is 1. The molecule has 4 aromatic rings. The number of rotatable bonds is 8. The normalized spacial score (nSPS) is 10.5. The molecule has 3 nitrogen and oxygen atoms in total. The number of hydrogen-bond acceptors (Lipinski definition) is 3. The van der Waals surface area contributed by atoms with Crippen LogP contribution in [0.25, 0.3) is 0 Å². The Morgan fingerprint density at radius 2 is 1.42 bits per heavy atom. The van der Waals surface area contributed by atoms with E-state index < -0.39 is 0 Å². The molecular weight excluding hydrogens is 457 g/mol.